The van der Waals surface area contributed by atoms with Crippen LogP contribution >= 0.6 is 15.9 Å². The number of likely N-dealkylation sites (tertiary alicyclic amines) is 1. The predicted octanol–water partition coefficient (Wildman–Crippen LogP) is 3.74. The van der Waals surface area contributed by atoms with Gasteiger partial charge in [0.2, 0.25) is 5.91 Å². The summed E-state index contributed by atoms with van der Waals surface area (Å²) in [4.78, 5) is 42.6. The summed E-state index contributed by atoms with van der Waals surface area (Å²) >= 11 is 3.47. The smallest absolute Gasteiger partial charge is 0.253 e. The molecule has 9 heteroatoms. The van der Waals surface area contributed by atoms with Crippen LogP contribution in [-0.2, 0) is 11.3 Å². The van der Waals surface area contributed by atoms with Gasteiger partial charge >= 0.3 is 0 Å². The molecule has 1 aromatic heterocycles. The van der Waals surface area contributed by atoms with E-state index in [1.807, 2.05) is 51.7 Å². The second kappa shape index (κ2) is 10.1. The molecule has 1 aromatic carbocycles. The molecule has 1 unspecified atom stereocenters. The van der Waals surface area contributed by atoms with Gasteiger partial charge in [-0.25, -0.2) is 0 Å². The number of carbonyl (C=O) groups is 2. The van der Waals surface area contributed by atoms with Crippen LogP contribution in [0.2, 0.25) is 0 Å². The number of nitrogens with zero attached hydrogens (tertiary/aromatic N) is 1. The number of benzene rings is 1. The van der Waals surface area contributed by atoms with Gasteiger partial charge in [0.05, 0.1) is 5.56 Å². The summed E-state index contributed by atoms with van der Waals surface area (Å²) in [5.41, 5.74) is 2.84. The molecule has 1 aliphatic heterocycles. The molecular formula is C25H32BrN5O3. The first kappa shape index (κ1) is 25.7. The first-order chi connectivity index (χ1) is 15.9. The van der Waals surface area contributed by atoms with E-state index in [9.17, 15) is 14.4 Å². The van der Waals surface area contributed by atoms with Gasteiger partial charge in [-0.2, -0.15) is 0 Å². The number of amides is 2. The van der Waals surface area contributed by atoms with Crippen LogP contribution < -0.4 is 16.2 Å². The summed E-state index contributed by atoms with van der Waals surface area (Å²) in [5, 5.41) is 14.2. The molecule has 182 valence electrons. The van der Waals surface area contributed by atoms with E-state index in [2.05, 4.69) is 31.5 Å². The van der Waals surface area contributed by atoms with Crippen LogP contribution in [0.5, 0.6) is 0 Å². The summed E-state index contributed by atoms with van der Waals surface area (Å²) < 4.78 is 0.690. The molecule has 0 saturated carbocycles. The maximum Gasteiger partial charge on any atom is 0.253 e. The van der Waals surface area contributed by atoms with E-state index in [0.717, 1.165) is 23.9 Å². The Labute approximate surface area is 208 Å². The normalized spacial score (nSPS) is 15.8. The third-order valence-corrected chi connectivity index (χ3v) is 6.39. The quantitative estimate of drug-likeness (QED) is 0.426. The number of carbonyl (C=O) groups excluding carboxylic acids is 2. The zero-order valence-corrected chi connectivity index (χ0v) is 21.9. The first-order valence-electron chi connectivity index (χ1n) is 11.3. The average molecular weight is 530 g/mol. The van der Waals surface area contributed by atoms with Crippen molar-refractivity contribution in [2.24, 2.45) is 5.41 Å². The van der Waals surface area contributed by atoms with Gasteiger partial charge in [0.15, 0.2) is 0 Å². The first-order valence-corrected chi connectivity index (χ1v) is 12.1. The van der Waals surface area contributed by atoms with Gasteiger partial charge in [0.25, 0.3) is 11.5 Å². The van der Waals surface area contributed by atoms with Gasteiger partial charge in [-0.15, -0.1) is 0 Å². The van der Waals surface area contributed by atoms with Crippen molar-refractivity contribution in [3.8, 4) is 0 Å². The van der Waals surface area contributed by atoms with Crippen molar-refractivity contribution in [1.82, 2.24) is 15.2 Å². The van der Waals surface area contributed by atoms with Gasteiger partial charge in [0.1, 0.15) is 0 Å². The summed E-state index contributed by atoms with van der Waals surface area (Å²) in [6, 6.07) is 5.38. The van der Waals surface area contributed by atoms with Crippen molar-refractivity contribution in [2.45, 2.75) is 53.6 Å². The van der Waals surface area contributed by atoms with E-state index in [1.54, 1.807) is 6.07 Å². The predicted molar refractivity (Wildman–Crippen MR) is 138 cm³/mol. The number of hydrogen-bond donors (Lipinski definition) is 4. The lowest BCUT2D eigenvalue weighted by atomic mass is 9.95. The lowest BCUT2D eigenvalue weighted by molar-refractivity contribution is -0.138. The standard InChI is InChI=1S/C25H32BrN5O3/c1-14-8-15(2)29-23(33)20(14)12-28-22(32)18-9-16(26)10-21(19(18)11-27)30-17-6-7-31(13-17)24(34)25(3,4)5/h8-11,17,27,30H,6-7,12-13H2,1-5H3,(H,28,32)(H,29,33). The second-order valence-electron chi connectivity index (χ2n) is 9.82. The van der Waals surface area contributed by atoms with Crippen LogP contribution in [0, 0.1) is 24.7 Å². The second-order valence-corrected chi connectivity index (χ2v) is 10.7. The SMILES string of the molecule is Cc1cc(C)c(CNC(=O)c2cc(Br)cc(NC3CCN(C(=O)C(C)(C)C)C3)c2C=N)c(=O)[nH]1. The molecule has 0 spiro atoms. The van der Waals surface area contributed by atoms with Crippen molar-refractivity contribution in [3.05, 3.63) is 61.0 Å². The number of rotatable bonds is 6. The number of aryl methyl sites for hydroxylation is 2. The molecular weight excluding hydrogens is 498 g/mol. The Balaban J connectivity index is 1.78. The van der Waals surface area contributed by atoms with Gasteiger partial charge in [-0.1, -0.05) is 36.7 Å². The Morgan fingerprint density at radius 3 is 2.59 bits per heavy atom. The third kappa shape index (κ3) is 5.75. The summed E-state index contributed by atoms with van der Waals surface area (Å²) in [5.74, 6) is -0.266. The lowest BCUT2D eigenvalue weighted by Gasteiger charge is -2.26. The number of aromatic nitrogens is 1. The lowest BCUT2D eigenvalue weighted by Crippen LogP contribution is -2.39. The van der Waals surface area contributed by atoms with Crippen molar-refractivity contribution in [1.29, 1.82) is 5.41 Å². The van der Waals surface area contributed by atoms with Crippen molar-refractivity contribution in [2.75, 3.05) is 18.4 Å². The minimum absolute atomic E-state index is 0.0176. The van der Waals surface area contributed by atoms with Gasteiger partial charge in [0, 0.05) is 64.3 Å². The molecule has 3 rings (SSSR count). The Bertz CT molecular complexity index is 1180. The molecule has 34 heavy (non-hydrogen) atoms. The minimum Gasteiger partial charge on any atom is -0.380 e. The van der Waals surface area contributed by atoms with Crippen LogP contribution in [0.4, 0.5) is 5.69 Å². The molecule has 1 saturated heterocycles. The van der Waals surface area contributed by atoms with Gasteiger partial charge < -0.3 is 25.9 Å². The molecule has 0 bridgehead atoms. The summed E-state index contributed by atoms with van der Waals surface area (Å²) in [6.45, 7) is 10.7. The number of nitrogens with one attached hydrogen (secondary N) is 4. The highest BCUT2D eigenvalue weighted by Crippen LogP contribution is 2.28. The number of anilines is 1. The molecule has 1 aliphatic rings. The summed E-state index contributed by atoms with van der Waals surface area (Å²) in [7, 11) is 0. The summed E-state index contributed by atoms with van der Waals surface area (Å²) in [6.07, 6.45) is 1.93. The zero-order valence-electron chi connectivity index (χ0n) is 20.3. The molecule has 2 aromatic rings. The van der Waals surface area contributed by atoms with Crippen LogP contribution in [0.15, 0.2) is 27.5 Å². The molecule has 8 nitrogen and oxygen atoms in total. The molecule has 2 amide bonds. The monoisotopic (exact) mass is 529 g/mol. The van der Waals surface area contributed by atoms with Crippen LogP contribution in [0.25, 0.3) is 0 Å². The van der Waals surface area contributed by atoms with Gasteiger partial charge in [-0.05, 0) is 44.0 Å². The molecule has 1 atom stereocenters. The maximum absolute atomic E-state index is 13.1. The molecule has 4 N–H and O–H groups in total. The van der Waals surface area contributed by atoms with Crippen molar-refractivity contribution < 1.29 is 9.59 Å². The molecule has 0 radical (unpaired) electrons. The highest BCUT2D eigenvalue weighted by molar-refractivity contribution is 9.10. The van der Waals surface area contributed by atoms with E-state index < -0.39 is 5.41 Å². The minimum atomic E-state index is -0.437. The largest absolute Gasteiger partial charge is 0.380 e. The molecule has 0 aliphatic carbocycles. The maximum atomic E-state index is 13.1. The van der Waals surface area contributed by atoms with E-state index in [0.29, 0.717) is 39.9 Å². The highest BCUT2D eigenvalue weighted by Gasteiger charge is 2.33. The highest BCUT2D eigenvalue weighted by atomic mass is 79.9. The van der Waals surface area contributed by atoms with Crippen molar-refractivity contribution >= 4 is 39.6 Å². The van der Waals surface area contributed by atoms with Crippen LogP contribution in [0.3, 0.4) is 0 Å². The van der Waals surface area contributed by atoms with Gasteiger partial charge in [-0.3, -0.25) is 14.4 Å². The van der Waals surface area contributed by atoms with E-state index in [1.165, 1.54) is 0 Å². The number of H-pyrrole nitrogens is 1. The van der Waals surface area contributed by atoms with E-state index in [4.69, 9.17) is 5.41 Å². The number of hydrogen-bond acceptors (Lipinski definition) is 5. The number of aromatic amines is 1. The number of halogens is 1. The Morgan fingerprint density at radius 1 is 1.26 bits per heavy atom. The number of pyridine rings is 1. The Hall–Kier alpha value is -2.94. The Kier molecular flexibility index (Phi) is 7.65. The van der Waals surface area contributed by atoms with Crippen LogP contribution in [-0.4, -0.2) is 47.0 Å². The topological polar surface area (TPSA) is 118 Å². The van der Waals surface area contributed by atoms with E-state index in [-0.39, 0.29) is 30.0 Å². The van der Waals surface area contributed by atoms with Crippen molar-refractivity contribution in [3.63, 3.8) is 0 Å². The fraction of sp³-hybridized carbons (Fsp3) is 0.440. The van der Waals surface area contributed by atoms with E-state index >= 15 is 0 Å². The fourth-order valence-corrected chi connectivity index (χ4v) is 4.66. The molecule has 1 fully saturated rings. The Morgan fingerprint density at radius 2 is 1.97 bits per heavy atom. The average Bonchev–Trinajstić information content (AvgIpc) is 3.19. The van der Waals surface area contributed by atoms with Crippen LogP contribution in [0.1, 0.15) is 59.9 Å². The third-order valence-electron chi connectivity index (χ3n) is 5.93. The zero-order chi connectivity index (χ0) is 25.2. The fourth-order valence-electron chi connectivity index (χ4n) is 4.20. The molecule has 2 heterocycles.